The average Bonchev–Trinajstić information content (AvgIpc) is 2.14. The van der Waals surface area contributed by atoms with Gasteiger partial charge in [0.25, 0.3) is 5.69 Å². The molecule has 0 N–H and O–H groups in total. The molecule has 0 atom stereocenters. The molecule has 0 aliphatic rings. The van der Waals surface area contributed by atoms with E-state index in [9.17, 15) is 28.1 Å². The third-order valence-corrected chi connectivity index (χ3v) is 2.35. The lowest BCUT2D eigenvalue weighted by molar-refractivity contribution is -0.385. The van der Waals surface area contributed by atoms with Crippen LogP contribution in [0.1, 0.15) is 15.9 Å². The highest BCUT2D eigenvalue weighted by Crippen LogP contribution is 2.38. The van der Waals surface area contributed by atoms with Crippen molar-refractivity contribution >= 4 is 27.9 Å². The summed E-state index contributed by atoms with van der Waals surface area (Å²) in [4.78, 5) is 20.0. The Kier molecular flexibility index (Phi) is 3.32. The van der Waals surface area contributed by atoms with Gasteiger partial charge < -0.3 is 0 Å². The van der Waals surface area contributed by atoms with Crippen LogP contribution < -0.4 is 0 Å². The Labute approximate surface area is 95.3 Å². The summed E-state index contributed by atoms with van der Waals surface area (Å²) in [5.41, 5.74) is -2.57. The molecule has 0 heterocycles. The monoisotopic (exact) mass is 297 g/mol. The van der Waals surface area contributed by atoms with Crippen LogP contribution in [-0.2, 0) is 6.18 Å². The molecule has 8 heteroatoms. The topological polar surface area (TPSA) is 60.2 Å². The molecule has 0 aliphatic carbocycles. The maximum absolute atomic E-state index is 12.5. The van der Waals surface area contributed by atoms with E-state index >= 15 is 0 Å². The average molecular weight is 298 g/mol. The number of hydrogen-bond donors (Lipinski definition) is 0. The first-order chi connectivity index (χ1) is 7.27. The number of nitro benzene ring substituents is 1. The van der Waals surface area contributed by atoms with E-state index < -0.39 is 32.4 Å². The number of carbonyl (C=O) groups excluding carboxylic acids is 1. The SMILES string of the molecule is O=Cc1cc([N+](=O)[O-])cc(Br)c1C(F)(F)F. The summed E-state index contributed by atoms with van der Waals surface area (Å²) in [6.45, 7) is 0. The van der Waals surface area contributed by atoms with Crippen LogP contribution in [0.4, 0.5) is 18.9 Å². The summed E-state index contributed by atoms with van der Waals surface area (Å²) in [5.74, 6) is 0. The molecule has 0 fully saturated rings. The highest BCUT2D eigenvalue weighted by atomic mass is 79.9. The predicted molar refractivity (Wildman–Crippen MR) is 51.2 cm³/mol. The molecule has 0 spiro atoms. The minimum Gasteiger partial charge on any atom is -0.298 e. The van der Waals surface area contributed by atoms with Crippen LogP contribution in [0.15, 0.2) is 16.6 Å². The van der Waals surface area contributed by atoms with Gasteiger partial charge in [0.2, 0.25) is 0 Å². The number of alkyl halides is 3. The van der Waals surface area contributed by atoms with Crippen LogP contribution in [0.25, 0.3) is 0 Å². The number of carbonyl (C=O) groups is 1. The van der Waals surface area contributed by atoms with Gasteiger partial charge in [0.1, 0.15) is 0 Å². The Balaban J connectivity index is 3.53. The number of benzene rings is 1. The fraction of sp³-hybridized carbons (Fsp3) is 0.125. The summed E-state index contributed by atoms with van der Waals surface area (Å²) in [6.07, 6.45) is -4.81. The molecule has 86 valence electrons. The summed E-state index contributed by atoms with van der Waals surface area (Å²) >= 11 is 2.56. The van der Waals surface area contributed by atoms with Gasteiger partial charge in [-0.15, -0.1) is 0 Å². The maximum atomic E-state index is 12.5. The van der Waals surface area contributed by atoms with Crippen LogP contribution in [0.2, 0.25) is 0 Å². The molecule has 0 amide bonds. The Hall–Kier alpha value is -1.44. The van der Waals surface area contributed by atoms with Gasteiger partial charge in [0, 0.05) is 22.2 Å². The molecule has 0 aromatic heterocycles. The second kappa shape index (κ2) is 4.20. The second-order valence-corrected chi connectivity index (χ2v) is 3.62. The van der Waals surface area contributed by atoms with Crippen molar-refractivity contribution in [2.45, 2.75) is 6.18 Å². The number of non-ortho nitro benzene ring substituents is 1. The summed E-state index contributed by atoms with van der Waals surface area (Å²) in [7, 11) is 0. The van der Waals surface area contributed by atoms with E-state index in [0.29, 0.717) is 12.1 Å². The van der Waals surface area contributed by atoms with E-state index in [4.69, 9.17) is 0 Å². The largest absolute Gasteiger partial charge is 0.418 e. The van der Waals surface area contributed by atoms with Crippen molar-refractivity contribution in [2.24, 2.45) is 0 Å². The number of nitrogens with zero attached hydrogens (tertiary/aromatic N) is 1. The van der Waals surface area contributed by atoms with Gasteiger partial charge in [0.05, 0.1) is 10.5 Å². The Morgan fingerprint density at radius 1 is 1.38 bits per heavy atom. The van der Waals surface area contributed by atoms with Crippen molar-refractivity contribution in [3.8, 4) is 0 Å². The molecular formula is C8H3BrF3NO3. The highest BCUT2D eigenvalue weighted by molar-refractivity contribution is 9.10. The molecule has 16 heavy (non-hydrogen) atoms. The quantitative estimate of drug-likeness (QED) is 0.478. The van der Waals surface area contributed by atoms with Crippen molar-refractivity contribution in [3.63, 3.8) is 0 Å². The standard InChI is InChI=1S/C8H3BrF3NO3/c9-6-2-5(13(15)16)1-4(3-14)7(6)8(10,11)12/h1-3H. The van der Waals surface area contributed by atoms with Crippen molar-refractivity contribution in [3.05, 3.63) is 37.8 Å². The lowest BCUT2D eigenvalue weighted by Gasteiger charge is -2.11. The van der Waals surface area contributed by atoms with Gasteiger partial charge in [0.15, 0.2) is 6.29 Å². The molecule has 1 rings (SSSR count). The molecule has 1 aromatic carbocycles. The molecule has 0 aliphatic heterocycles. The molecule has 1 aromatic rings. The van der Waals surface area contributed by atoms with Gasteiger partial charge in [-0.3, -0.25) is 14.9 Å². The highest BCUT2D eigenvalue weighted by Gasteiger charge is 2.37. The van der Waals surface area contributed by atoms with E-state index in [1.165, 1.54) is 0 Å². The van der Waals surface area contributed by atoms with E-state index in [-0.39, 0.29) is 6.29 Å². The number of hydrogen-bond acceptors (Lipinski definition) is 3. The van der Waals surface area contributed by atoms with Gasteiger partial charge in [-0.1, -0.05) is 0 Å². The molecular weight excluding hydrogens is 295 g/mol. The first kappa shape index (κ1) is 12.6. The Morgan fingerprint density at radius 3 is 2.31 bits per heavy atom. The third-order valence-electron chi connectivity index (χ3n) is 1.73. The zero-order valence-corrected chi connectivity index (χ0v) is 9.00. The number of aldehydes is 1. The summed E-state index contributed by atoms with van der Waals surface area (Å²) < 4.78 is 36.9. The molecule has 0 bridgehead atoms. The number of rotatable bonds is 2. The first-order valence-corrected chi connectivity index (χ1v) is 4.57. The minimum atomic E-state index is -4.75. The normalized spacial score (nSPS) is 11.2. The van der Waals surface area contributed by atoms with Gasteiger partial charge in [-0.05, 0) is 15.9 Å². The van der Waals surface area contributed by atoms with Crippen LogP contribution in [-0.4, -0.2) is 11.2 Å². The maximum Gasteiger partial charge on any atom is 0.418 e. The smallest absolute Gasteiger partial charge is 0.298 e. The molecule has 0 radical (unpaired) electrons. The molecule has 4 nitrogen and oxygen atoms in total. The van der Waals surface area contributed by atoms with E-state index in [2.05, 4.69) is 15.9 Å². The van der Waals surface area contributed by atoms with E-state index in [1.54, 1.807) is 0 Å². The summed E-state index contributed by atoms with van der Waals surface area (Å²) in [6, 6.07) is 1.29. The zero-order valence-electron chi connectivity index (χ0n) is 7.42. The lowest BCUT2D eigenvalue weighted by Crippen LogP contribution is -2.10. The molecule has 0 saturated heterocycles. The van der Waals surface area contributed by atoms with Crippen molar-refractivity contribution in [1.82, 2.24) is 0 Å². The summed E-state index contributed by atoms with van der Waals surface area (Å²) in [5, 5.41) is 10.4. The second-order valence-electron chi connectivity index (χ2n) is 2.76. The van der Waals surface area contributed by atoms with Gasteiger partial charge >= 0.3 is 6.18 Å². The number of nitro groups is 1. The van der Waals surface area contributed by atoms with Crippen molar-refractivity contribution in [1.29, 1.82) is 0 Å². The van der Waals surface area contributed by atoms with Crippen molar-refractivity contribution < 1.29 is 22.9 Å². The third kappa shape index (κ3) is 2.38. The fourth-order valence-electron chi connectivity index (χ4n) is 1.11. The van der Waals surface area contributed by atoms with Crippen LogP contribution >= 0.6 is 15.9 Å². The fourth-order valence-corrected chi connectivity index (χ4v) is 1.80. The Bertz CT molecular complexity index is 459. The lowest BCUT2D eigenvalue weighted by atomic mass is 10.1. The van der Waals surface area contributed by atoms with E-state index in [1.807, 2.05) is 0 Å². The van der Waals surface area contributed by atoms with Gasteiger partial charge in [-0.25, -0.2) is 0 Å². The van der Waals surface area contributed by atoms with Gasteiger partial charge in [-0.2, -0.15) is 13.2 Å². The van der Waals surface area contributed by atoms with Crippen molar-refractivity contribution in [2.75, 3.05) is 0 Å². The molecule has 0 saturated carbocycles. The number of halogens is 4. The van der Waals surface area contributed by atoms with Crippen LogP contribution in [0, 0.1) is 10.1 Å². The zero-order chi connectivity index (χ0) is 12.5. The van der Waals surface area contributed by atoms with E-state index in [0.717, 1.165) is 0 Å². The van der Waals surface area contributed by atoms with Crippen LogP contribution in [0.5, 0.6) is 0 Å². The minimum absolute atomic E-state index is 0.0689. The van der Waals surface area contributed by atoms with Crippen LogP contribution in [0.3, 0.4) is 0 Å². The Morgan fingerprint density at radius 2 is 1.94 bits per heavy atom. The predicted octanol–water partition coefficient (Wildman–Crippen LogP) is 3.19. The molecule has 0 unspecified atom stereocenters. The first-order valence-electron chi connectivity index (χ1n) is 3.77.